The zero-order valence-corrected chi connectivity index (χ0v) is 14.1. The Morgan fingerprint density at radius 2 is 1.88 bits per heavy atom. The van der Waals surface area contributed by atoms with Gasteiger partial charge >= 0.3 is 0 Å². The van der Waals surface area contributed by atoms with Gasteiger partial charge in [-0.3, -0.25) is 14.4 Å². The van der Waals surface area contributed by atoms with Gasteiger partial charge < -0.3 is 9.84 Å². The van der Waals surface area contributed by atoms with Gasteiger partial charge in [-0.15, -0.1) is 0 Å². The molecule has 4 rings (SSSR count). The summed E-state index contributed by atoms with van der Waals surface area (Å²) in [5.74, 6) is 1.14. The Balaban J connectivity index is 1.52. The SMILES string of the molecule is O=C1c2cc(COc3ccccc3)nn2CCN1c1cccc(CO)n1. The number of hydrogen-bond acceptors (Lipinski definition) is 5. The zero-order chi connectivity index (χ0) is 17.9. The Hall–Kier alpha value is -3.19. The van der Waals surface area contributed by atoms with E-state index in [-0.39, 0.29) is 12.5 Å². The number of carbonyl (C=O) groups excluding carboxylic acids is 1. The lowest BCUT2D eigenvalue weighted by molar-refractivity contribution is 0.0961. The lowest BCUT2D eigenvalue weighted by Crippen LogP contribution is -2.41. The number of aromatic nitrogens is 3. The topological polar surface area (TPSA) is 80.5 Å². The molecule has 132 valence electrons. The first-order valence-corrected chi connectivity index (χ1v) is 8.38. The largest absolute Gasteiger partial charge is 0.487 e. The standard InChI is InChI=1S/C19H18N4O3/c24-12-14-5-4-8-18(20-14)22-9-10-23-17(19(22)25)11-15(21-23)13-26-16-6-2-1-3-7-16/h1-8,11,24H,9-10,12-13H2. The molecule has 3 aromatic rings. The number of rotatable bonds is 5. The second kappa shape index (κ2) is 6.97. The molecule has 26 heavy (non-hydrogen) atoms. The summed E-state index contributed by atoms with van der Waals surface area (Å²) in [6.45, 7) is 1.20. The zero-order valence-electron chi connectivity index (χ0n) is 14.1. The van der Waals surface area contributed by atoms with Crippen molar-refractivity contribution in [2.45, 2.75) is 19.8 Å². The minimum atomic E-state index is -0.158. The van der Waals surface area contributed by atoms with E-state index in [0.717, 1.165) is 5.75 Å². The van der Waals surface area contributed by atoms with E-state index in [2.05, 4.69) is 10.1 Å². The highest BCUT2D eigenvalue weighted by Crippen LogP contribution is 2.21. The van der Waals surface area contributed by atoms with E-state index in [1.54, 1.807) is 33.8 Å². The predicted molar refractivity (Wildman–Crippen MR) is 94.8 cm³/mol. The number of hydrogen-bond donors (Lipinski definition) is 1. The van der Waals surface area contributed by atoms with Crippen molar-refractivity contribution < 1.29 is 14.6 Å². The van der Waals surface area contributed by atoms with Gasteiger partial charge in [0.1, 0.15) is 29.6 Å². The molecule has 1 amide bonds. The van der Waals surface area contributed by atoms with E-state index < -0.39 is 0 Å². The van der Waals surface area contributed by atoms with Crippen LogP contribution in [0.3, 0.4) is 0 Å². The van der Waals surface area contributed by atoms with Gasteiger partial charge in [0.15, 0.2) is 0 Å². The molecule has 0 aliphatic carbocycles. The smallest absolute Gasteiger partial charge is 0.277 e. The van der Waals surface area contributed by atoms with Crippen LogP contribution >= 0.6 is 0 Å². The first-order valence-electron chi connectivity index (χ1n) is 8.38. The minimum absolute atomic E-state index is 0.155. The van der Waals surface area contributed by atoms with Crippen LogP contribution in [0.2, 0.25) is 0 Å². The van der Waals surface area contributed by atoms with E-state index in [1.807, 2.05) is 30.3 Å². The monoisotopic (exact) mass is 350 g/mol. The molecular weight excluding hydrogens is 332 g/mol. The van der Waals surface area contributed by atoms with Gasteiger partial charge in [-0.05, 0) is 30.3 Å². The highest BCUT2D eigenvalue weighted by Gasteiger charge is 2.28. The third kappa shape index (κ3) is 3.16. The van der Waals surface area contributed by atoms with Crippen LogP contribution in [0.25, 0.3) is 0 Å². The fraction of sp³-hybridized carbons (Fsp3) is 0.211. The van der Waals surface area contributed by atoms with Gasteiger partial charge in [-0.1, -0.05) is 24.3 Å². The Bertz CT molecular complexity index is 924. The van der Waals surface area contributed by atoms with E-state index in [9.17, 15) is 9.90 Å². The van der Waals surface area contributed by atoms with E-state index in [1.165, 1.54) is 0 Å². The quantitative estimate of drug-likeness (QED) is 0.761. The van der Waals surface area contributed by atoms with Crippen molar-refractivity contribution in [1.29, 1.82) is 0 Å². The van der Waals surface area contributed by atoms with Crippen molar-refractivity contribution in [1.82, 2.24) is 14.8 Å². The lowest BCUT2D eigenvalue weighted by atomic mass is 10.2. The number of amides is 1. The molecule has 0 saturated carbocycles. The van der Waals surface area contributed by atoms with Gasteiger partial charge in [0.05, 0.1) is 18.8 Å². The van der Waals surface area contributed by atoms with E-state index in [0.29, 0.717) is 42.6 Å². The molecule has 0 saturated heterocycles. The van der Waals surface area contributed by atoms with Crippen LogP contribution in [0.1, 0.15) is 21.9 Å². The molecule has 1 N–H and O–H groups in total. The van der Waals surface area contributed by atoms with Crippen LogP contribution < -0.4 is 9.64 Å². The van der Waals surface area contributed by atoms with E-state index >= 15 is 0 Å². The summed E-state index contributed by atoms with van der Waals surface area (Å²) in [5.41, 5.74) is 1.75. The summed E-state index contributed by atoms with van der Waals surface area (Å²) >= 11 is 0. The first kappa shape index (κ1) is 16.3. The van der Waals surface area contributed by atoms with Crippen molar-refractivity contribution in [3.05, 3.63) is 71.7 Å². The normalized spacial score (nSPS) is 13.6. The maximum Gasteiger partial charge on any atom is 0.277 e. The molecule has 1 aliphatic rings. The van der Waals surface area contributed by atoms with Crippen LogP contribution in [-0.2, 0) is 19.8 Å². The number of para-hydroxylation sites is 1. The molecule has 1 aromatic carbocycles. The molecule has 0 fully saturated rings. The summed E-state index contributed by atoms with van der Waals surface area (Å²) in [7, 11) is 0. The van der Waals surface area contributed by atoms with Crippen molar-refractivity contribution in [2.24, 2.45) is 0 Å². The Labute approximate surface area is 150 Å². The molecular formula is C19H18N4O3. The van der Waals surface area contributed by atoms with Gasteiger partial charge in [0, 0.05) is 6.54 Å². The Morgan fingerprint density at radius 3 is 2.69 bits per heavy atom. The average molecular weight is 350 g/mol. The van der Waals surface area contributed by atoms with Crippen LogP contribution in [0.4, 0.5) is 5.82 Å². The summed E-state index contributed by atoms with van der Waals surface area (Å²) in [5, 5.41) is 13.7. The number of carbonyl (C=O) groups is 1. The number of fused-ring (bicyclic) bond motifs is 1. The fourth-order valence-corrected chi connectivity index (χ4v) is 2.92. The molecule has 3 heterocycles. The van der Waals surface area contributed by atoms with E-state index in [4.69, 9.17) is 4.74 Å². The molecule has 0 spiro atoms. The van der Waals surface area contributed by atoms with Crippen molar-refractivity contribution in [3.63, 3.8) is 0 Å². The maximum atomic E-state index is 12.8. The molecule has 1 aliphatic heterocycles. The first-order chi connectivity index (χ1) is 12.7. The maximum absolute atomic E-state index is 12.8. The average Bonchev–Trinajstić information content (AvgIpc) is 3.12. The molecule has 0 atom stereocenters. The van der Waals surface area contributed by atoms with Crippen LogP contribution in [0, 0.1) is 0 Å². The molecule has 7 heteroatoms. The summed E-state index contributed by atoms with van der Waals surface area (Å²) < 4.78 is 7.41. The Morgan fingerprint density at radius 1 is 1.04 bits per heavy atom. The predicted octanol–water partition coefficient (Wildman–Crippen LogP) is 2.01. The second-order valence-corrected chi connectivity index (χ2v) is 5.95. The number of pyridine rings is 1. The van der Waals surface area contributed by atoms with Gasteiger partial charge in [0.25, 0.3) is 5.91 Å². The third-order valence-electron chi connectivity index (χ3n) is 4.19. The van der Waals surface area contributed by atoms with Gasteiger partial charge in [0.2, 0.25) is 0 Å². The molecule has 7 nitrogen and oxygen atoms in total. The number of benzene rings is 1. The fourth-order valence-electron chi connectivity index (χ4n) is 2.92. The summed E-state index contributed by atoms with van der Waals surface area (Å²) in [6, 6.07) is 16.5. The summed E-state index contributed by atoms with van der Waals surface area (Å²) in [4.78, 5) is 18.8. The number of nitrogens with zero attached hydrogens (tertiary/aromatic N) is 4. The van der Waals surface area contributed by atoms with Crippen LogP contribution in [-0.4, -0.2) is 32.3 Å². The minimum Gasteiger partial charge on any atom is -0.487 e. The summed E-state index contributed by atoms with van der Waals surface area (Å²) in [6.07, 6.45) is 0. The van der Waals surface area contributed by atoms with Crippen molar-refractivity contribution >= 4 is 11.7 Å². The van der Waals surface area contributed by atoms with Gasteiger partial charge in [-0.25, -0.2) is 4.98 Å². The highest BCUT2D eigenvalue weighted by molar-refractivity contribution is 6.05. The van der Waals surface area contributed by atoms with Crippen LogP contribution in [0.5, 0.6) is 5.75 Å². The lowest BCUT2D eigenvalue weighted by Gasteiger charge is -2.26. The third-order valence-corrected chi connectivity index (χ3v) is 4.19. The van der Waals surface area contributed by atoms with Crippen molar-refractivity contribution in [3.8, 4) is 5.75 Å². The number of aliphatic hydroxyl groups excluding tert-OH is 1. The number of anilines is 1. The molecule has 0 unspecified atom stereocenters. The molecule has 0 radical (unpaired) electrons. The molecule has 0 bridgehead atoms. The molecule has 2 aromatic heterocycles. The van der Waals surface area contributed by atoms with Crippen molar-refractivity contribution in [2.75, 3.05) is 11.4 Å². The number of aliphatic hydroxyl groups is 1. The Kier molecular flexibility index (Phi) is 4.37. The number of ether oxygens (including phenoxy) is 1. The highest BCUT2D eigenvalue weighted by atomic mass is 16.5. The van der Waals surface area contributed by atoms with Crippen LogP contribution in [0.15, 0.2) is 54.6 Å². The second-order valence-electron chi connectivity index (χ2n) is 5.95. The van der Waals surface area contributed by atoms with Gasteiger partial charge in [-0.2, -0.15) is 5.10 Å².